The van der Waals surface area contributed by atoms with Crippen molar-refractivity contribution in [3.05, 3.63) is 15.0 Å². The summed E-state index contributed by atoms with van der Waals surface area (Å²) < 4.78 is 6.16. The van der Waals surface area contributed by atoms with E-state index in [0.717, 1.165) is 16.8 Å². The molecule has 0 saturated heterocycles. The van der Waals surface area contributed by atoms with Gasteiger partial charge in [-0.3, -0.25) is 0 Å². The van der Waals surface area contributed by atoms with Crippen LogP contribution in [0, 0.1) is 5.92 Å². The summed E-state index contributed by atoms with van der Waals surface area (Å²) >= 11 is 4.67. The monoisotopic (exact) mass is 375 g/mol. The van der Waals surface area contributed by atoms with Crippen LogP contribution in [0.15, 0.2) is 9.30 Å². The first-order valence-electron chi connectivity index (χ1n) is 7.95. The van der Waals surface area contributed by atoms with E-state index in [0.29, 0.717) is 18.2 Å². The first kappa shape index (κ1) is 18.6. The Morgan fingerprint density at radius 1 is 1.24 bits per heavy atom. The lowest BCUT2D eigenvalue weighted by molar-refractivity contribution is 0.0416. The Bertz CT molecular complexity index is 409. The lowest BCUT2D eigenvalue weighted by Crippen LogP contribution is -2.15. The minimum Gasteiger partial charge on any atom is -0.461 e. The van der Waals surface area contributed by atoms with E-state index in [1.54, 1.807) is 5.38 Å². The van der Waals surface area contributed by atoms with Crippen molar-refractivity contribution in [3.8, 4) is 0 Å². The third-order valence-electron chi connectivity index (χ3n) is 3.57. The zero-order valence-corrected chi connectivity index (χ0v) is 15.5. The van der Waals surface area contributed by atoms with E-state index in [2.05, 4.69) is 34.8 Å². The van der Waals surface area contributed by atoms with Gasteiger partial charge in [-0.2, -0.15) is 0 Å². The van der Waals surface area contributed by atoms with Gasteiger partial charge in [-0.15, -0.1) is 11.3 Å². The topological polar surface area (TPSA) is 39.2 Å². The number of nitrogens with zero attached hydrogens (tertiary/aromatic N) is 1. The summed E-state index contributed by atoms with van der Waals surface area (Å²) in [6.07, 6.45) is 9.79. The van der Waals surface area contributed by atoms with Crippen LogP contribution in [0.5, 0.6) is 0 Å². The number of ether oxygens (including phenoxy) is 1. The van der Waals surface area contributed by atoms with E-state index in [-0.39, 0.29) is 5.97 Å². The lowest BCUT2D eigenvalue weighted by Gasteiger charge is -2.16. The van der Waals surface area contributed by atoms with Crippen molar-refractivity contribution in [1.29, 1.82) is 0 Å². The van der Waals surface area contributed by atoms with Crippen molar-refractivity contribution in [2.45, 2.75) is 65.2 Å². The van der Waals surface area contributed by atoms with Gasteiger partial charge in [-0.1, -0.05) is 52.4 Å². The third-order valence-corrected chi connectivity index (χ3v) is 4.93. The highest BCUT2D eigenvalue weighted by Crippen LogP contribution is 2.20. The van der Waals surface area contributed by atoms with Gasteiger partial charge >= 0.3 is 5.97 Å². The Balaban J connectivity index is 2.35. The van der Waals surface area contributed by atoms with Crippen LogP contribution in [0.3, 0.4) is 0 Å². The highest BCUT2D eigenvalue weighted by Gasteiger charge is 2.15. The van der Waals surface area contributed by atoms with Crippen molar-refractivity contribution >= 4 is 33.2 Å². The molecule has 1 heterocycles. The van der Waals surface area contributed by atoms with Gasteiger partial charge in [0.15, 0.2) is 9.61 Å². The molecule has 1 aromatic heterocycles. The molecule has 0 spiro atoms. The van der Waals surface area contributed by atoms with Crippen molar-refractivity contribution < 1.29 is 9.53 Å². The third kappa shape index (κ3) is 7.96. The number of carbonyl (C=O) groups is 1. The Morgan fingerprint density at radius 3 is 2.57 bits per heavy atom. The molecule has 120 valence electrons. The van der Waals surface area contributed by atoms with Gasteiger partial charge in [0.25, 0.3) is 0 Å². The second kappa shape index (κ2) is 11.2. The summed E-state index contributed by atoms with van der Waals surface area (Å²) in [6, 6.07) is 0. The first-order valence-corrected chi connectivity index (χ1v) is 9.62. The van der Waals surface area contributed by atoms with Crippen molar-refractivity contribution in [1.82, 2.24) is 4.98 Å². The van der Waals surface area contributed by atoms with Gasteiger partial charge in [0, 0.05) is 5.38 Å². The number of rotatable bonds is 11. The van der Waals surface area contributed by atoms with E-state index in [1.807, 2.05) is 0 Å². The van der Waals surface area contributed by atoms with Gasteiger partial charge in [0.2, 0.25) is 0 Å². The van der Waals surface area contributed by atoms with Crippen molar-refractivity contribution in [3.63, 3.8) is 0 Å². The molecule has 5 heteroatoms. The number of aromatic nitrogens is 1. The van der Waals surface area contributed by atoms with E-state index in [4.69, 9.17) is 4.74 Å². The van der Waals surface area contributed by atoms with Crippen LogP contribution in [0.2, 0.25) is 0 Å². The number of halogens is 1. The molecule has 0 aliphatic rings. The highest BCUT2D eigenvalue weighted by molar-refractivity contribution is 9.11. The number of hydrogen-bond acceptors (Lipinski definition) is 4. The maximum absolute atomic E-state index is 11.9. The number of hydrogen-bond donors (Lipinski definition) is 0. The molecule has 1 aromatic rings. The molecule has 0 fully saturated rings. The fraction of sp³-hybridized carbons (Fsp3) is 0.750. The maximum Gasteiger partial charge on any atom is 0.357 e. The standard InChI is InChI=1S/C16H26BrNO2S/c1-3-5-7-8-10-13(9-6-4-2)11-20-15(19)14-12-21-16(17)18-14/h12-13H,3-11H2,1-2H3. The van der Waals surface area contributed by atoms with Gasteiger partial charge < -0.3 is 4.74 Å². The van der Waals surface area contributed by atoms with Gasteiger partial charge in [0.1, 0.15) is 0 Å². The van der Waals surface area contributed by atoms with Gasteiger partial charge in [-0.05, 0) is 34.7 Å². The van der Waals surface area contributed by atoms with E-state index >= 15 is 0 Å². The summed E-state index contributed by atoms with van der Waals surface area (Å²) in [5, 5.41) is 1.73. The Hall–Kier alpha value is -0.420. The smallest absolute Gasteiger partial charge is 0.357 e. The summed E-state index contributed by atoms with van der Waals surface area (Å²) in [6.45, 7) is 4.95. The van der Waals surface area contributed by atoms with Crippen molar-refractivity contribution in [2.75, 3.05) is 6.61 Å². The van der Waals surface area contributed by atoms with Crippen LogP contribution in [0.4, 0.5) is 0 Å². The van der Waals surface area contributed by atoms with Crippen molar-refractivity contribution in [2.24, 2.45) is 5.92 Å². The SMILES string of the molecule is CCCCCCC(CCCC)COC(=O)c1csc(Br)n1. The Morgan fingerprint density at radius 2 is 1.95 bits per heavy atom. The molecule has 0 aliphatic carbocycles. The fourth-order valence-electron chi connectivity index (χ4n) is 2.28. The predicted octanol–water partition coefficient (Wildman–Crippen LogP) is 5.84. The lowest BCUT2D eigenvalue weighted by atomic mass is 9.96. The molecule has 0 aliphatic heterocycles. The van der Waals surface area contributed by atoms with E-state index in [1.165, 1.54) is 49.9 Å². The molecule has 1 unspecified atom stereocenters. The summed E-state index contributed by atoms with van der Waals surface area (Å²) in [4.78, 5) is 16.0. The Labute approximate surface area is 140 Å². The average Bonchev–Trinajstić information content (AvgIpc) is 2.92. The number of thiazole rings is 1. The quantitative estimate of drug-likeness (QED) is 0.360. The molecule has 0 N–H and O–H groups in total. The zero-order chi connectivity index (χ0) is 15.5. The summed E-state index contributed by atoms with van der Waals surface area (Å²) in [5.41, 5.74) is 0.409. The molecule has 21 heavy (non-hydrogen) atoms. The number of carbonyl (C=O) groups excluding carboxylic acids is 1. The van der Waals surface area contributed by atoms with E-state index < -0.39 is 0 Å². The maximum atomic E-state index is 11.9. The summed E-state index contributed by atoms with van der Waals surface area (Å²) in [5.74, 6) is 0.194. The molecule has 0 amide bonds. The van der Waals surface area contributed by atoms with Gasteiger partial charge in [0.05, 0.1) is 6.61 Å². The second-order valence-corrected chi connectivity index (χ2v) is 7.58. The normalized spacial score (nSPS) is 12.3. The second-order valence-electron chi connectivity index (χ2n) is 5.44. The summed E-state index contributed by atoms with van der Waals surface area (Å²) in [7, 11) is 0. The number of unbranched alkanes of at least 4 members (excludes halogenated alkanes) is 4. The molecular formula is C16H26BrNO2S. The molecule has 0 saturated carbocycles. The van der Waals surface area contributed by atoms with Crippen LogP contribution in [-0.4, -0.2) is 17.6 Å². The fourth-order valence-corrected chi connectivity index (χ4v) is 3.26. The molecule has 1 atom stereocenters. The van der Waals surface area contributed by atoms with Crippen LogP contribution in [0.25, 0.3) is 0 Å². The van der Waals surface area contributed by atoms with Crippen LogP contribution >= 0.6 is 27.3 Å². The zero-order valence-electron chi connectivity index (χ0n) is 13.1. The first-order chi connectivity index (χ1) is 10.2. The average molecular weight is 376 g/mol. The van der Waals surface area contributed by atoms with Crippen LogP contribution < -0.4 is 0 Å². The molecule has 0 radical (unpaired) electrons. The van der Waals surface area contributed by atoms with E-state index in [9.17, 15) is 4.79 Å². The molecule has 1 rings (SSSR count). The van der Waals surface area contributed by atoms with Gasteiger partial charge in [-0.25, -0.2) is 9.78 Å². The Kier molecular flexibility index (Phi) is 9.92. The largest absolute Gasteiger partial charge is 0.461 e. The number of esters is 1. The highest BCUT2D eigenvalue weighted by atomic mass is 79.9. The molecule has 0 bridgehead atoms. The van der Waals surface area contributed by atoms with Crippen LogP contribution in [0.1, 0.15) is 75.7 Å². The van der Waals surface area contributed by atoms with Crippen LogP contribution in [-0.2, 0) is 4.74 Å². The predicted molar refractivity (Wildman–Crippen MR) is 91.9 cm³/mol. The minimum absolute atomic E-state index is 0.299. The minimum atomic E-state index is -0.299. The molecule has 3 nitrogen and oxygen atoms in total. The molecule has 0 aromatic carbocycles. The molecular weight excluding hydrogens is 350 g/mol.